The van der Waals surface area contributed by atoms with E-state index in [1.54, 1.807) is 28.4 Å². The molecule has 0 saturated carbocycles. The molecule has 68 heavy (non-hydrogen) atoms. The van der Waals surface area contributed by atoms with Gasteiger partial charge in [0.1, 0.15) is 46.7 Å². The Hall–Kier alpha value is -5.77. The van der Waals surface area contributed by atoms with Crippen LogP contribution in [-0.4, -0.2) is 62.7 Å². The van der Waals surface area contributed by atoms with E-state index in [-0.39, 0.29) is 21.7 Å². The first-order valence-corrected chi connectivity index (χ1v) is 23.8. The van der Waals surface area contributed by atoms with E-state index in [1.807, 2.05) is 26.2 Å². The van der Waals surface area contributed by atoms with Crippen LogP contribution in [0.4, 0.5) is 5.69 Å². The second-order valence-electron chi connectivity index (χ2n) is 22.9. The van der Waals surface area contributed by atoms with Gasteiger partial charge in [0.05, 0.1) is 34.1 Å². The Balaban J connectivity index is 1.71. The number of aliphatic hydroxyl groups excluding tert-OH is 2. The first-order chi connectivity index (χ1) is 31.7. The van der Waals surface area contributed by atoms with Crippen molar-refractivity contribution in [2.75, 3.05) is 47.4 Å². The van der Waals surface area contributed by atoms with E-state index >= 15 is 0 Å². The fraction of sp³-hybridized carbons (Fsp3) is 0.441. The zero-order valence-corrected chi connectivity index (χ0v) is 43.9. The molecule has 3 N–H and O–H groups in total. The van der Waals surface area contributed by atoms with Crippen molar-refractivity contribution in [1.29, 1.82) is 0 Å². The highest BCUT2D eigenvalue weighted by Crippen LogP contribution is 2.50. The Bertz CT molecular complexity index is 2660. The van der Waals surface area contributed by atoms with Crippen LogP contribution in [0.5, 0.6) is 23.0 Å². The summed E-state index contributed by atoms with van der Waals surface area (Å²) < 4.78 is 25.8. The quantitative estimate of drug-likeness (QED) is 0.152. The Morgan fingerprint density at radius 1 is 0.500 bits per heavy atom. The number of nitrogens with zero attached hydrogens (tertiary/aromatic N) is 2. The van der Waals surface area contributed by atoms with E-state index in [9.17, 15) is 10.2 Å². The number of fused-ring (bicyclic) bond motifs is 11. The standard InChI is InChI=1S/C59H75N3O6/c1-56(2,3)38-25-34-23-36-27-40(58(7,8)9)31-45(53(36)67-17)49(63)50(64)46-32-41(59(10,11)12)28-37(54(46)68-18)24-35-26-39(57(4,5)6)30-44(52(35)66-16)48-47(43(29-38)51(34)65-15)60-55(61-48)33-19-21-42(22-20-33)62(13)14/h19-22,25-32,49-50,63-64H,23-24H2,1-18H3,(H,60,61). The summed E-state index contributed by atoms with van der Waals surface area (Å²) in [4.78, 5) is 11.5. The van der Waals surface area contributed by atoms with Crippen LogP contribution >= 0.6 is 0 Å². The lowest BCUT2D eigenvalue weighted by Gasteiger charge is -2.30. The number of methoxy groups -OCH3 is 4. The number of aromatic amines is 1. The maximum atomic E-state index is 12.7. The minimum Gasteiger partial charge on any atom is -0.496 e. The van der Waals surface area contributed by atoms with Crippen molar-refractivity contribution in [1.82, 2.24) is 9.97 Å². The van der Waals surface area contributed by atoms with Crippen LogP contribution in [0.2, 0.25) is 0 Å². The van der Waals surface area contributed by atoms with E-state index in [1.165, 1.54) is 0 Å². The summed E-state index contributed by atoms with van der Waals surface area (Å²) in [5.41, 5.74) is 12.8. The van der Waals surface area contributed by atoms with Crippen LogP contribution in [0.1, 0.15) is 151 Å². The van der Waals surface area contributed by atoms with Gasteiger partial charge in [-0.05, 0) is 115 Å². The highest BCUT2D eigenvalue weighted by molar-refractivity contribution is 5.88. The number of hydrogen-bond donors (Lipinski definition) is 3. The van der Waals surface area contributed by atoms with Crippen molar-refractivity contribution >= 4 is 5.69 Å². The summed E-state index contributed by atoms with van der Waals surface area (Å²) >= 11 is 0. The third-order valence-corrected chi connectivity index (χ3v) is 13.6. The smallest absolute Gasteiger partial charge is 0.138 e. The second kappa shape index (κ2) is 18.3. The number of hydrogen-bond acceptors (Lipinski definition) is 8. The molecule has 1 heterocycles. The first-order valence-electron chi connectivity index (χ1n) is 23.8. The number of benzene rings is 5. The van der Waals surface area contributed by atoms with E-state index in [2.05, 4.69) is 154 Å². The zero-order valence-electron chi connectivity index (χ0n) is 43.9. The van der Waals surface area contributed by atoms with Gasteiger partial charge in [-0.1, -0.05) is 107 Å². The summed E-state index contributed by atoms with van der Waals surface area (Å²) in [6.45, 7) is 26.3. The lowest BCUT2D eigenvalue weighted by Crippen LogP contribution is -2.19. The molecule has 0 fully saturated rings. The maximum absolute atomic E-state index is 12.7. The highest BCUT2D eigenvalue weighted by atomic mass is 16.5. The van der Waals surface area contributed by atoms with E-state index < -0.39 is 12.2 Å². The minimum atomic E-state index is -1.39. The fourth-order valence-electron chi connectivity index (χ4n) is 9.41. The molecule has 1 aliphatic rings. The fourth-order valence-corrected chi connectivity index (χ4v) is 9.41. The topological polar surface area (TPSA) is 109 Å². The zero-order chi connectivity index (χ0) is 50.0. The van der Waals surface area contributed by atoms with Gasteiger partial charge in [-0.15, -0.1) is 0 Å². The average Bonchev–Trinajstić information content (AvgIpc) is 3.71. The van der Waals surface area contributed by atoms with Crippen LogP contribution in [0.25, 0.3) is 33.9 Å². The molecule has 0 radical (unpaired) electrons. The maximum Gasteiger partial charge on any atom is 0.138 e. The molecule has 1 aliphatic carbocycles. The van der Waals surface area contributed by atoms with Crippen molar-refractivity contribution in [3.05, 3.63) is 128 Å². The van der Waals surface area contributed by atoms with Crippen LogP contribution in [0.15, 0.2) is 72.8 Å². The molecular formula is C59H75N3O6. The number of aliphatic hydroxyl groups is 2. The second-order valence-corrected chi connectivity index (χ2v) is 22.9. The van der Waals surface area contributed by atoms with Crippen molar-refractivity contribution in [2.24, 2.45) is 0 Å². The number of aromatic nitrogens is 2. The Morgan fingerprint density at radius 2 is 0.853 bits per heavy atom. The van der Waals surface area contributed by atoms with Crippen molar-refractivity contribution in [3.63, 3.8) is 0 Å². The lowest BCUT2D eigenvalue weighted by molar-refractivity contribution is 0.0142. The molecule has 2 atom stereocenters. The Morgan fingerprint density at radius 3 is 1.22 bits per heavy atom. The number of rotatable bonds is 6. The number of imidazole rings is 1. The molecule has 5 aromatic carbocycles. The molecule has 0 amide bonds. The lowest BCUT2D eigenvalue weighted by atomic mass is 9.79. The van der Waals surface area contributed by atoms with Crippen LogP contribution in [-0.2, 0) is 34.5 Å². The van der Waals surface area contributed by atoms with Gasteiger partial charge in [0.25, 0.3) is 0 Å². The van der Waals surface area contributed by atoms with E-state index in [0.29, 0.717) is 52.8 Å². The molecule has 1 aromatic heterocycles. The monoisotopic (exact) mass is 922 g/mol. The largest absolute Gasteiger partial charge is 0.496 e. The van der Waals surface area contributed by atoms with Crippen molar-refractivity contribution < 1.29 is 29.2 Å². The third-order valence-electron chi connectivity index (χ3n) is 13.6. The molecule has 2 unspecified atom stereocenters. The Labute approximate surface area is 405 Å². The first kappa shape index (κ1) is 50.1. The molecule has 0 spiro atoms. The van der Waals surface area contributed by atoms with Gasteiger partial charge in [0.2, 0.25) is 0 Å². The third kappa shape index (κ3) is 9.62. The summed E-state index contributed by atoms with van der Waals surface area (Å²) in [6, 6.07) is 25.6. The molecule has 362 valence electrons. The predicted molar refractivity (Wildman–Crippen MR) is 279 cm³/mol. The van der Waals surface area contributed by atoms with Gasteiger partial charge >= 0.3 is 0 Å². The SMILES string of the molecule is COc1c2cc(C(C)(C)C)cc1-c1nc(-c3ccc(N(C)C)cc3)[nH]c1-c1cc(C(C)(C)C)cc(c1OC)Cc1cc(C(C)(C)C)cc(c1OC)C(O)C(O)c1cc(C(C)(C)C)cc(c1OC)C2. The summed E-state index contributed by atoms with van der Waals surface area (Å²) in [6.07, 6.45) is -1.99. The minimum absolute atomic E-state index is 0.269. The van der Waals surface area contributed by atoms with Gasteiger partial charge in [-0.2, -0.15) is 0 Å². The summed E-state index contributed by atoms with van der Waals surface area (Å²) in [5.74, 6) is 3.07. The number of ether oxygens (including phenoxy) is 4. The average molecular weight is 922 g/mol. The van der Waals surface area contributed by atoms with Gasteiger partial charge in [0.15, 0.2) is 0 Å². The number of anilines is 1. The van der Waals surface area contributed by atoms with Gasteiger partial charge in [0, 0.05) is 60.4 Å². The molecule has 6 aromatic rings. The number of nitrogens with one attached hydrogen (secondary N) is 1. The van der Waals surface area contributed by atoms with Crippen LogP contribution < -0.4 is 23.8 Å². The molecular weight excluding hydrogens is 847 g/mol. The van der Waals surface area contributed by atoms with Crippen molar-refractivity contribution in [2.45, 2.75) is 130 Å². The van der Waals surface area contributed by atoms with E-state index in [4.69, 9.17) is 23.9 Å². The summed E-state index contributed by atoms with van der Waals surface area (Å²) in [5, 5.41) is 25.4. The molecule has 9 nitrogen and oxygen atoms in total. The highest BCUT2D eigenvalue weighted by Gasteiger charge is 2.34. The molecule has 7 rings (SSSR count). The normalized spacial score (nSPS) is 15.5. The van der Waals surface area contributed by atoms with Gasteiger partial charge < -0.3 is 39.0 Å². The predicted octanol–water partition coefficient (Wildman–Crippen LogP) is 13.0. The van der Waals surface area contributed by atoms with Gasteiger partial charge in [-0.3, -0.25) is 0 Å². The van der Waals surface area contributed by atoms with Crippen molar-refractivity contribution in [3.8, 4) is 56.9 Å². The van der Waals surface area contributed by atoms with Crippen LogP contribution in [0.3, 0.4) is 0 Å². The number of H-pyrrole nitrogens is 1. The molecule has 0 saturated heterocycles. The van der Waals surface area contributed by atoms with Crippen LogP contribution in [0, 0.1) is 0 Å². The summed E-state index contributed by atoms with van der Waals surface area (Å²) in [7, 11) is 10.8. The molecule has 0 aliphatic heterocycles. The molecule has 9 heteroatoms. The van der Waals surface area contributed by atoms with E-state index in [0.717, 1.165) is 78.3 Å². The Kier molecular flexibility index (Phi) is 13.5. The molecule has 8 bridgehead atoms. The van der Waals surface area contributed by atoms with Gasteiger partial charge in [-0.25, -0.2) is 4.98 Å².